The van der Waals surface area contributed by atoms with Crippen LogP contribution in [0.5, 0.6) is 5.75 Å². The minimum absolute atomic E-state index is 0.0342. The topological polar surface area (TPSA) is 65.3 Å². The van der Waals surface area contributed by atoms with E-state index in [0.29, 0.717) is 5.56 Å². The summed E-state index contributed by atoms with van der Waals surface area (Å²) in [4.78, 5) is 14.2. The van der Waals surface area contributed by atoms with E-state index in [0.717, 1.165) is 12.8 Å². The maximum absolute atomic E-state index is 10.7. The van der Waals surface area contributed by atoms with Gasteiger partial charge in [-0.25, -0.2) is 0 Å². The Morgan fingerprint density at radius 1 is 1.57 bits per heavy atom. The molecule has 1 aliphatic rings. The molecule has 1 heterocycles. The highest BCUT2D eigenvalue weighted by Crippen LogP contribution is 2.34. The zero-order valence-electron chi connectivity index (χ0n) is 7.77. The van der Waals surface area contributed by atoms with Crippen LogP contribution >= 0.6 is 0 Å². The van der Waals surface area contributed by atoms with Gasteiger partial charge in [-0.2, -0.15) is 0 Å². The Balaban J connectivity index is 2.35. The molecular formula is C9H10N2O3. The highest BCUT2D eigenvalue weighted by Gasteiger charge is 2.28. The third kappa shape index (κ3) is 1.66. The van der Waals surface area contributed by atoms with Gasteiger partial charge >= 0.3 is 5.69 Å². The van der Waals surface area contributed by atoms with E-state index in [-0.39, 0.29) is 17.5 Å². The van der Waals surface area contributed by atoms with E-state index in [4.69, 9.17) is 4.74 Å². The van der Waals surface area contributed by atoms with Crippen molar-refractivity contribution >= 4 is 5.69 Å². The molecule has 0 amide bonds. The summed E-state index contributed by atoms with van der Waals surface area (Å²) < 4.78 is 5.39. The van der Waals surface area contributed by atoms with Crippen LogP contribution in [0.1, 0.15) is 18.4 Å². The molecule has 0 bridgehead atoms. The standard InChI is InChI=1S/C9H10N2O3/c1-6-4-10-5-8(9(6)11(12)13)14-7-2-3-7/h4-5,7H,2-3H2,1H3. The van der Waals surface area contributed by atoms with Crippen molar-refractivity contribution in [1.29, 1.82) is 0 Å². The predicted molar refractivity (Wildman–Crippen MR) is 49.3 cm³/mol. The second-order valence-corrected chi connectivity index (χ2v) is 3.38. The summed E-state index contributed by atoms with van der Waals surface area (Å²) in [5.41, 5.74) is 0.569. The van der Waals surface area contributed by atoms with Crippen molar-refractivity contribution in [3.8, 4) is 5.75 Å². The van der Waals surface area contributed by atoms with Gasteiger partial charge in [-0.05, 0) is 19.8 Å². The first-order valence-corrected chi connectivity index (χ1v) is 4.44. The van der Waals surface area contributed by atoms with Crippen LogP contribution in [-0.2, 0) is 0 Å². The lowest BCUT2D eigenvalue weighted by atomic mass is 10.2. The first-order chi connectivity index (χ1) is 6.68. The average Bonchev–Trinajstić information content (AvgIpc) is 2.87. The van der Waals surface area contributed by atoms with Crippen LogP contribution in [0.15, 0.2) is 12.4 Å². The van der Waals surface area contributed by atoms with Gasteiger partial charge in [0.15, 0.2) is 0 Å². The molecule has 1 aromatic heterocycles. The fourth-order valence-corrected chi connectivity index (χ4v) is 1.22. The molecule has 0 spiro atoms. The van der Waals surface area contributed by atoms with E-state index in [9.17, 15) is 10.1 Å². The van der Waals surface area contributed by atoms with E-state index < -0.39 is 4.92 Å². The van der Waals surface area contributed by atoms with Gasteiger partial charge in [0, 0.05) is 11.8 Å². The smallest absolute Gasteiger partial charge is 0.316 e. The lowest BCUT2D eigenvalue weighted by molar-refractivity contribution is -0.386. The van der Waals surface area contributed by atoms with Gasteiger partial charge in [0.05, 0.1) is 17.2 Å². The number of aryl methyl sites for hydroxylation is 1. The van der Waals surface area contributed by atoms with Crippen LogP contribution in [0.2, 0.25) is 0 Å². The Morgan fingerprint density at radius 2 is 2.29 bits per heavy atom. The van der Waals surface area contributed by atoms with Crippen molar-refractivity contribution in [2.75, 3.05) is 0 Å². The lowest BCUT2D eigenvalue weighted by Gasteiger charge is -2.05. The summed E-state index contributed by atoms with van der Waals surface area (Å²) in [6.45, 7) is 1.66. The fraction of sp³-hybridized carbons (Fsp3) is 0.444. The van der Waals surface area contributed by atoms with Crippen molar-refractivity contribution in [3.05, 3.63) is 28.1 Å². The highest BCUT2D eigenvalue weighted by atomic mass is 16.6. The molecule has 2 rings (SSSR count). The van der Waals surface area contributed by atoms with Gasteiger partial charge < -0.3 is 4.74 Å². The van der Waals surface area contributed by atoms with Crippen molar-refractivity contribution in [2.45, 2.75) is 25.9 Å². The molecule has 74 valence electrons. The van der Waals surface area contributed by atoms with Crippen LogP contribution in [0.3, 0.4) is 0 Å². The molecular weight excluding hydrogens is 184 g/mol. The zero-order chi connectivity index (χ0) is 10.1. The Morgan fingerprint density at radius 3 is 2.86 bits per heavy atom. The Labute approximate surface area is 80.9 Å². The molecule has 0 saturated heterocycles. The molecule has 1 fully saturated rings. The molecule has 1 aliphatic carbocycles. The second-order valence-electron chi connectivity index (χ2n) is 3.38. The van der Waals surface area contributed by atoms with Crippen LogP contribution < -0.4 is 4.74 Å². The summed E-state index contributed by atoms with van der Waals surface area (Å²) in [7, 11) is 0. The molecule has 14 heavy (non-hydrogen) atoms. The van der Waals surface area contributed by atoms with E-state index in [1.807, 2.05) is 0 Å². The summed E-state index contributed by atoms with van der Waals surface area (Å²) in [6, 6.07) is 0. The number of nitrogens with zero attached hydrogens (tertiary/aromatic N) is 2. The zero-order valence-corrected chi connectivity index (χ0v) is 7.77. The summed E-state index contributed by atoms with van der Waals surface area (Å²) in [5, 5.41) is 10.7. The van der Waals surface area contributed by atoms with Crippen molar-refractivity contribution in [2.24, 2.45) is 0 Å². The van der Waals surface area contributed by atoms with Crippen LogP contribution in [0.25, 0.3) is 0 Å². The predicted octanol–water partition coefficient (Wildman–Crippen LogP) is 1.84. The van der Waals surface area contributed by atoms with Gasteiger partial charge in [-0.1, -0.05) is 0 Å². The molecule has 5 nitrogen and oxygen atoms in total. The summed E-state index contributed by atoms with van der Waals surface area (Å²) in [6.07, 6.45) is 4.98. The minimum Gasteiger partial charge on any atom is -0.482 e. The molecule has 0 N–H and O–H groups in total. The van der Waals surface area contributed by atoms with Crippen LogP contribution in [-0.4, -0.2) is 16.0 Å². The quantitative estimate of drug-likeness (QED) is 0.544. The fourth-order valence-electron chi connectivity index (χ4n) is 1.22. The maximum atomic E-state index is 10.7. The molecule has 1 aromatic rings. The number of aromatic nitrogens is 1. The molecule has 5 heteroatoms. The average molecular weight is 194 g/mol. The normalized spacial score (nSPS) is 15.2. The van der Waals surface area contributed by atoms with E-state index in [1.54, 1.807) is 6.92 Å². The minimum atomic E-state index is -0.422. The van der Waals surface area contributed by atoms with Crippen molar-refractivity contribution in [1.82, 2.24) is 4.98 Å². The largest absolute Gasteiger partial charge is 0.482 e. The number of nitro groups is 1. The Kier molecular flexibility index (Phi) is 2.07. The van der Waals surface area contributed by atoms with Gasteiger partial charge in [0.1, 0.15) is 0 Å². The van der Waals surface area contributed by atoms with E-state index in [2.05, 4.69) is 4.98 Å². The number of hydrogen-bond acceptors (Lipinski definition) is 4. The number of pyridine rings is 1. The molecule has 1 saturated carbocycles. The highest BCUT2D eigenvalue weighted by molar-refractivity contribution is 5.49. The first-order valence-electron chi connectivity index (χ1n) is 4.44. The van der Waals surface area contributed by atoms with E-state index in [1.165, 1.54) is 12.4 Å². The lowest BCUT2D eigenvalue weighted by Crippen LogP contribution is -2.02. The van der Waals surface area contributed by atoms with Crippen molar-refractivity contribution in [3.63, 3.8) is 0 Å². The number of hydrogen-bond donors (Lipinski definition) is 0. The maximum Gasteiger partial charge on any atom is 0.316 e. The molecule has 0 radical (unpaired) electrons. The molecule has 0 atom stereocenters. The third-order valence-electron chi connectivity index (χ3n) is 2.07. The van der Waals surface area contributed by atoms with Gasteiger partial charge in [-0.15, -0.1) is 0 Å². The molecule has 0 aromatic carbocycles. The van der Waals surface area contributed by atoms with E-state index >= 15 is 0 Å². The van der Waals surface area contributed by atoms with Gasteiger partial charge in [0.2, 0.25) is 5.75 Å². The van der Waals surface area contributed by atoms with Gasteiger partial charge in [0.25, 0.3) is 0 Å². The first kappa shape index (κ1) is 8.93. The van der Waals surface area contributed by atoms with Crippen LogP contribution in [0.4, 0.5) is 5.69 Å². The number of ether oxygens (including phenoxy) is 1. The third-order valence-corrected chi connectivity index (χ3v) is 2.07. The van der Waals surface area contributed by atoms with Crippen LogP contribution in [0, 0.1) is 17.0 Å². The molecule has 0 aliphatic heterocycles. The summed E-state index contributed by atoms with van der Waals surface area (Å²) in [5.74, 6) is 0.289. The number of rotatable bonds is 3. The Hall–Kier alpha value is -1.65. The van der Waals surface area contributed by atoms with Gasteiger partial charge in [-0.3, -0.25) is 15.1 Å². The molecule has 0 unspecified atom stereocenters. The Bertz CT molecular complexity index is 374. The summed E-state index contributed by atoms with van der Waals surface area (Å²) >= 11 is 0. The second kappa shape index (κ2) is 3.25. The monoisotopic (exact) mass is 194 g/mol. The van der Waals surface area contributed by atoms with Crippen molar-refractivity contribution < 1.29 is 9.66 Å². The SMILES string of the molecule is Cc1cncc(OC2CC2)c1[N+](=O)[O-].